The molecule has 2 aromatic heterocycles. The number of ether oxygens (including phenoxy) is 1. The molecular weight excluding hydrogens is 350 g/mol. The van der Waals surface area contributed by atoms with Crippen LogP contribution in [0.5, 0.6) is 5.75 Å². The van der Waals surface area contributed by atoms with Crippen molar-refractivity contribution in [3.63, 3.8) is 0 Å². The van der Waals surface area contributed by atoms with Crippen LogP contribution in [-0.4, -0.2) is 27.3 Å². The normalized spacial score (nSPS) is 10.7. The molecule has 0 spiro atoms. The van der Waals surface area contributed by atoms with Gasteiger partial charge in [0.1, 0.15) is 5.75 Å². The number of anilines is 2. The fourth-order valence-electron chi connectivity index (χ4n) is 3.20. The minimum absolute atomic E-state index is 0.537. The van der Waals surface area contributed by atoms with Crippen LogP contribution in [0, 0.1) is 13.8 Å². The zero-order chi connectivity index (χ0) is 19.5. The summed E-state index contributed by atoms with van der Waals surface area (Å²) in [6.07, 6.45) is 3.65. The van der Waals surface area contributed by atoms with E-state index < -0.39 is 0 Å². The Bertz CT molecular complexity index is 1080. The van der Waals surface area contributed by atoms with Crippen molar-refractivity contribution in [2.75, 3.05) is 12.4 Å². The molecule has 4 aromatic rings. The predicted molar refractivity (Wildman–Crippen MR) is 111 cm³/mol. The van der Waals surface area contributed by atoms with Gasteiger partial charge in [0.15, 0.2) is 0 Å². The molecule has 2 heterocycles. The van der Waals surface area contributed by atoms with Crippen molar-refractivity contribution < 1.29 is 4.74 Å². The fraction of sp³-hybridized carbons (Fsp3) is 0.136. The maximum absolute atomic E-state index is 5.24. The van der Waals surface area contributed by atoms with Gasteiger partial charge in [-0.05, 0) is 43.2 Å². The molecule has 0 saturated carbocycles. The highest BCUT2D eigenvalue weighted by atomic mass is 16.5. The zero-order valence-electron chi connectivity index (χ0n) is 16.0. The summed E-state index contributed by atoms with van der Waals surface area (Å²) < 4.78 is 5.24. The second-order valence-electron chi connectivity index (χ2n) is 6.54. The summed E-state index contributed by atoms with van der Waals surface area (Å²) in [4.78, 5) is 8.90. The highest BCUT2D eigenvalue weighted by Crippen LogP contribution is 2.29. The van der Waals surface area contributed by atoms with Gasteiger partial charge in [-0.15, -0.1) is 0 Å². The summed E-state index contributed by atoms with van der Waals surface area (Å²) in [5, 5.41) is 10.5. The molecule has 0 bridgehead atoms. The lowest BCUT2D eigenvalue weighted by Gasteiger charge is -2.08. The first-order chi connectivity index (χ1) is 13.6. The number of H-pyrrole nitrogens is 1. The second-order valence-corrected chi connectivity index (χ2v) is 6.54. The molecule has 6 nitrogen and oxygen atoms in total. The van der Waals surface area contributed by atoms with Gasteiger partial charge in [0.25, 0.3) is 0 Å². The summed E-state index contributed by atoms with van der Waals surface area (Å²) in [7, 11) is 1.64. The van der Waals surface area contributed by atoms with Crippen molar-refractivity contribution in [2.45, 2.75) is 13.8 Å². The number of benzene rings is 2. The summed E-state index contributed by atoms with van der Waals surface area (Å²) in [6, 6.07) is 16.0. The molecule has 0 atom stereocenters. The Balaban J connectivity index is 1.58. The minimum Gasteiger partial charge on any atom is -0.497 e. The average molecular weight is 371 g/mol. The first-order valence-corrected chi connectivity index (χ1v) is 8.99. The van der Waals surface area contributed by atoms with Gasteiger partial charge in [0.05, 0.1) is 12.8 Å². The van der Waals surface area contributed by atoms with E-state index in [4.69, 9.17) is 4.74 Å². The molecule has 0 radical (unpaired) electrons. The Labute approximate surface area is 163 Å². The lowest BCUT2D eigenvalue weighted by Crippen LogP contribution is -1.97. The van der Waals surface area contributed by atoms with Crippen LogP contribution in [0.25, 0.3) is 22.3 Å². The molecule has 0 saturated heterocycles. The highest BCUT2D eigenvalue weighted by molar-refractivity contribution is 5.75. The van der Waals surface area contributed by atoms with Crippen molar-refractivity contribution in [2.24, 2.45) is 0 Å². The molecule has 6 heteroatoms. The summed E-state index contributed by atoms with van der Waals surface area (Å²) in [5.74, 6) is 1.32. The molecule has 2 N–H and O–H groups in total. The molecule has 0 aliphatic rings. The number of nitrogens with zero attached hydrogens (tertiary/aromatic N) is 3. The van der Waals surface area contributed by atoms with E-state index in [-0.39, 0.29) is 0 Å². The van der Waals surface area contributed by atoms with Gasteiger partial charge in [0.2, 0.25) is 5.95 Å². The van der Waals surface area contributed by atoms with Gasteiger partial charge in [-0.25, -0.2) is 9.97 Å². The van der Waals surface area contributed by atoms with Crippen LogP contribution < -0.4 is 10.1 Å². The van der Waals surface area contributed by atoms with Crippen molar-refractivity contribution in [1.82, 2.24) is 20.2 Å². The topological polar surface area (TPSA) is 75.7 Å². The van der Waals surface area contributed by atoms with Crippen LogP contribution in [0.1, 0.15) is 11.4 Å². The smallest absolute Gasteiger partial charge is 0.227 e. The number of aryl methyl sites for hydroxylation is 2. The molecular formula is C22H21N5O. The standard InChI is InChI=1S/C22H21N5O/c1-14-21(15(2)27-26-14)17-7-4-6-16(10-17)18-12-23-22(24-13-18)25-19-8-5-9-20(11-19)28-3/h4-13H,1-3H3,(H,26,27)(H,23,24,25). The van der Waals surface area contributed by atoms with E-state index in [2.05, 4.69) is 43.7 Å². The lowest BCUT2D eigenvalue weighted by atomic mass is 9.99. The first-order valence-electron chi connectivity index (χ1n) is 8.99. The van der Waals surface area contributed by atoms with Crippen LogP contribution in [0.4, 0.5) is 11.6 Å². The molecule has 0 aliphatic carbocycles. The number of aromatic amines is 1. The largest absolute Gasteiger partial charge is 0.497 e. The van der Waals surface area contributed by atoms with E-state index in [0.717, 1.165) is 45.1 Å². The molecule has 0 aliphatic heterocycles. The first kappa shape index (κ1) is 17.7. The van der Waals surface area contributed by atoms with E-state index >= 15 is 0 Å². The van der Waals surface area contributed by atoms with Crippen molar-refractivity contribution in [1.29, 1.82) is 0 Å². The number of hydrogen-bond acceptors (Lipinski definition) is 5. The van der Waals surface area contributed by atoms with Gasteiger partial charge >= 0.3 is 0 Å². The Morgan fingerprint density at radius 1 is 0.893 bits per heavy atom. The SMILES string of the molecule is COc1cccc(Nc2ncc(-c3cccc(-c4c(C)n[nH]c4C)c3)cn2)c1. The van der Waals surface area contributed by atoms with Gasteiger partial charge in [-0.3, -0.25) is 5.10 Å². The fourth-order valence-corrected chi connectivity index (χ4v) is 3.20. The van der Waals surface area contributed by atoms with Crippen molar-refractivity contribution in [3.8, 4) is 28.0 Å². The van der Waals surface area contributed by atoms with Crippen LogP contribution in [0.3, 0.4) is 0 Å². The Kier molecular flexibility index (Phi) is 4.76. The second kappa shape index (κ2) is 7.52. The maximum Gasteiger partial charge on any atom is 0.227 e. The highest BCUT2D eigenvalue weighted by Gasteiger charge is 2.10. The van der Waals surface area contributed by atoms with Crippen molar-refractivity contribution in [3.05, 3.63) is 72.3 Å². The van der Waals surface area contributed by atoms with Crippen LogP contribution in [0.2, 0.25) is 0 Å². The third kappa shape index (κ3) is 3.57. The summed E-state index contributed by atoms with van der Waals surface area (Å²) in [6.45, 7) is 4.04. The number of nitrogens with one attached hydrogen (secondary N) is 2. The zero-order valence-corrected chi connectivity index (χ0v) is 16.0. The quantitative estimate of drug-likeness (QED) is 0.522. The Morgan fingerprint density at radius 2 is 1.64 bits per heavy atom. The number of hydrogen-bond donors (Lipinski definition) is 2. The summed E-state index contributed by atoms with van der Waals surface area (Å²) in [5.41, 5.74) is 7.20. The molecule has 4 rings (SSSR count). The molecule has 2 aromatic carbocycles. The predicted octanol–water partition coefficient (Wildman–Crippen LogP) is 4.90. The number of aromatic nitrogens is 4. The molecule has 0 fully saturated rings. The van der Waals surface area contributed by atoms with Crippen LogP contribution >= 0.6 is 0 Å². The maximum atomic E-state index is 5.24. The Hall–Kier alpha value is -3.67. The van der Waals surface area contributed by atoms with E-state index in [1.54, 1.807) is 7.11 Å². The average Bonchev–Trinajstić information content (AvgIpc) is 3.07. The van der Waals surface area contributed by atoms with E-state index in [1.165, 1.54) is 0 Å². The molecule has 0 unspecified atom stereocenters. The third-order valence-electron chi connectivity index (χ3n) is 4.59. The van der Waals surface area contributed by atoms with Crippen LogP contribution in [-0.2, 0) is 0 Å². The van der Waals surface area contributed by atoms with E-state index in [1.807, 2.05) is 56.6 Å². The minimum atomic E-state index is 0.537. The van der Waals surface area contributed by atoms with E-state index in [9.17, 15) is 0 Å². The Morgan fingerprint density at radius 3 is 2.36 bits per heavy atom. The monoisotopic (exact) mass is 371 g/mol. The van der Waals surface area contributed by atoms with Gasteiger partial charge < -0.3 is 10.1 Å². The van der Waals surface area contributed by atoms with E-state index in [0.29, 0.717) is 5.95 Å². The molecule has 0 amide bonds. The van der Waals surface area contributed by atoms with Gasteiger partial charge in [0, 0.05) is 41.0 Å². The van der Waals surface area contributed by atoms with Crippen LogP contribution in [0.15, 0.2) is 60.9 Å². The summed E-state index contributed by atoms with van der Waals surface area (Å²) >= 11 is 0. The third-order valence-corrected chi connectivity index (χ3v) is 4.59. The van der Waals surface area contributed by atoms with Gasteiger partial charge in [-0.2, -0.15) is 5.10 Å². The van der Waals surface area contributed by atoms with Crippen molar-refractivity contribution >= 4 is 11.6 Å². The number of methoxy groups -OCH3 is 1. The van der Waals surface area contributed by atoms with Gasteiger partial charge in [-0.1, -0.05) is 24.3 Å². The lowest BCUT2D eigenvalue weighted by molar-refractivity contribution is 0.415. The number of rotatable bonds is 5. The molecule has 28 heavy (non-hydrogen) atoms. The molecule has 140 valence electrons.